The third-order valence-electron chi connectivity index (χ3n) is 21.6. The Morgan fingerprint density at radius 2 is 0.168 bits per heavy atom. The molecule has 0 N–H and O–H groups in total. The maximum Gasteiger partial charge on any atom is 0.0780 e. The highest BCUT2D eigenvalue weighted by Gasteiger charge is 2.07. The van der Waals surface area contributed by atoms with Crippen LogP contribution >= 0.6 is 0 Å². The smallest absolute Gasteiger partial charge is 0.0780 e. The molecule has 0 saturated heterocycles. The Hall–Kier alpha value is 0.500. The predicted molar refractivity (Wildman–Crippen MR) is 431 cm³/mol. The van der Waals surface area contributed by atoms with E-state index in [2.05, 4.69) is 56.1 Å². The van der Waals surface area contributed by atoms with E-state index in [1.165, 1.54) is 533 Å². The van der Waals surface area contributed by atoms with E-state index < -0.39 is 0 Å². The van der Waals surface area contributed by atoms with Crippen LogP contribution in [0.4, 0.5) is 0 Å². The molecule has 0 aromatic heterocycles. The molecule has 0 spiro atoms. The van der Waals surface area contributed by atoms with Gasteiger partial charge in [-0.25, -0.2) is 0 Å². The van der Waals surface area contributed by atoms with Crippen LogP contribution in [-0.2, 0) is 0 Å². The van der Waals surface area contributed by atoms with Crippen LogP contribution in [0.1, 0.15) is 534 Å². The molecule has 0 aromatic rings. The second-order valence-electron chi connectivity index (χ2n) is 34.0. The molecule has 0 aliphatic carbocycles. The van der Waals surface area contributed by atoms with Crippen LogP contribution in [-0.4, -0.2) is 64.3 Å². The molecule has 0 unspecified atom stereocenters. The van der Waals surface area contributed by atoms with Crippen LogP contribution in [0.15, 0.2) is 0 Å². The first kappa shape index (κ1) is 102. The first-order valence-electron chi connectivity index (χ1n) is 45.2. The Morgan fingerprint density at radius 3 is 0.232 bits per heavy atom. The summed E-state index contributed by atoms with van der Waals surface area (Å²) in [5, 5.41) is 0. The topological polar surface area (TPSA) is 0 Å². The minimum atomic E-state index is 0. The van der Waals surface area contributed by atoms with Gasteiger partial charge in [-0.15, -0.1) is 0 Å². The summed E-state index contributed by atoms with van der Waals surface area (Å²) in [6, 6.07) is 0. The third-order valence-corrected chi connectivity index (χ3v) is 21.6. The van der Waals surface area contributed by atoms with Gasteiger partial charge in [-0.05, 0) is 25.7 Å². The van der Waals surface area contributed by atoms with E-state index in [0.717, 1.165) is 8.97 Å². The largest absolute Gasteiger partial charge is 1.00 e. The number of halogens is 2. The van der Waals surface area contributed by atoms with Crippen molar-refractivity contribution >= 4 is 0 Å². The van der Waals surface area contributed by atoms with Crippen molar-refractivity contribution in [2.75, 3.05) is 55.4 Å². The molecule has 0 bridgehead atoms. The molecule has 2 nitrogen and oxygen atoms in total. The number of nitrogens with zero attached hydrogens (tertiary/aromatic N) is 2. The van der Waals surface area contributed by atoms with E-state index in [-0.39, 0.29) is 24.8 Å². The SMILES string of the molecule is CCCCCCCCCCCCCCCCCCCCCCCCCCCCCCCCCCCCCCCCCCC[N+](C)(C)C.CCCCCCCCCCCCCCCCCCCCCCCCCCCCCCCCCCCCCCCCCC[N+](C)(C)C.[Cl-].[Cl-]. The molecule has 0 aliphatic rings. The predicted octanol–water partition coefficient (Wildman–Crippen LogP) is 27.0. The van der Waals surface area contributed by atoms with Gasteiger partial charge in [0, 0.05) is 0 Å². The van der Waals surface area contributed by atoms with Crippen molar-refractivity contribution in [2.24, 2.45) is 0 Å². The van der Waals surface area contributed by atoms with E-state index in [4.69, 9.17) is 0 Å². The number of hydrogen-bond donors (Lipinski definition) is 0. The second kappa shape index (κ2) is 90.6. The third kappa shape index (κ3) is 106. The Bertz CT molecular complexity index is 1260. The Labute approximate surface area is 619 Å². The summed E-state index contributed by atoms with van der Waals surface area (Å²) in [5.74, 6) is 0. The maximum absolute atomic E-state index is 2.31. The van der Waals surface area contributed by atoms with Crippen molar-refractivity contribution in [3.05, 3.63) is 0 Å². The fraction of sp³-hybridized carbons (Fsp3) is 1.00. The standard InChI is InChI=1S/C46H96N.C45H94N.2ClH/c1-5-6-7-8-9-10-11-12-13-14-15-16-17-18-19-20-21-22-23-24-25-26-27-28-29-30-31-32-33-34-35-36-37-38-39-40-41-42-43-44-45-46-47(2,3)4;1-5-6-7-8-9-10-11-12-13-14-15-16-17-18-19-20-21-22-23-24-25-26-27-28-29-30-31-32-33-34-35-36-37-38-39-40-41-42-43-44-45-46(2,3)4;;/h5-46H2,1-4H3;5-45H2,1-4H3;2*1H/q2*+1;;/p-2. The van der Waals surface area contributed by atoms with Gasteiger partial charge in [-0.2, -0.15) is 0 Å². The van der Waals surface area contributed by atoms with Crippen LogP contribution in [0.25, 0.3) is 0 Å². The van der Waals surface area contributed by atoms with Gasteiger partial charge < -0.3 is 33.8 Å². The molecule has 0 aromatic carbocycles. The zero-order valence-electron chi connectivity index (χ0n) is 68.3. The van der Waals surface area contributed by atoms with E-state index in [9.17, 15) is 0 Å². The van der Waals surface area contributed by atoms with Crippen LogP contribution in [0.3, 0.4) is 0 Å². The van der Waals surface area contributed by atoms with Gasteiger partial charge in [0.1, 0.15) is 0 Å². The molecular formula is C91H190Cl2N2. The molecule has 0 atom stereocenters. The average molecular weight is 1380 g/mol. The van der Waals surface area contributed by atoms with Gasteiger partial charge in [0.05, 0.1) is 55.4 Å². The highest BCUT2D eigenvalue weighted by molar-refractivity contribution is 4.58. The molecule has 0 saturated carbocycles. The number of quaternary nitrogens is 2. The van der Waals surface area contributed by atoms with Crippen molar-refractivity contribution in [1.29, 1.82) is 0 Å². The summed E-state index contributed by atoms with van der Waals surface area (Å²) >= 11 is 0. The van der Waals surface area contributed by atoms with Gasteiger partial charge in [-0.3, -0.25) is 0 Å². The van der Waals surface area contributed by atoms with E-state index >= 15 is 0 Å². The molecule has 0 radical (unpaired) electrons. The molecule has 95 heavy (non-hydrogen) atoms. The molecule has 0 heterocycles. The second-order valence-corrected chi connectivity index (χ2v) is 34.0. The van der Waals surface area contributed by atoms with Crippen LogP contribution < -0.4 is 24.8 Å². The van der Waals surface area contributed by atoms with Gasteiger partial charge >= 0.3 is 0 Å². The van der Waals surface area contributed by atoms with E-state index in [1.54, 1.807) is 0 Å². The Kier molecular flexibility index (Phi) is 97.1. The molecular weight excluding hydrogens is 1190 g/mol. The minimum absolute atomic E-state index is 0. The highest BCUT2D eigenvalue weighted by Crippen LogP contribution is 2.22. The Balaban J connectivity index is -0.000000854. The van der Waals surface area contributed by atoms with Gasteiger partial charge in [0.2, 0.25) is 0 Å². The quantitative estimate of drug-likeness (QED) is 0.0421. The van der Waals surface area contributed by atoms with Crippen molar-refractivity contribution in [3.8, 4) is 0 Å². The zero-order chi connectivity index (χ0) is 67.7. The zero-order valence-corrected chi connectivity index (χ0v) is 69.9. The van der Waals surface area contributed by atoms with Crippen LogP contribution in [0.5, 0.6) is 0 Å². The van der Waals surface area contributed by atoms with Crippen molar-refractivity contribution in [1.82, 2.24) is 0 Å². The van der Waals surface area contributed by atoms with E-state index in [0.29, 0.717) is 0 Å². The monoisotopic (exact) mass is 1380 g/mol. The number of unbranched alkanes of at least 4 members (excludes halogenated alkanes) is 79. The van der Waals surface area contributed by atoms with Crippen molar-refractivity contribution in [3.63, 3.8) is 0 Å². The first-order chi connectivity index (χ1) is 45.6. The average Bonchev–Trinajstić information content (AvgIpc) is 3.75. The Morgan fingerprint density at radius 1 is 0.105 bits per heavy atom. The lowest BCUT2D eigenvalue weighted by Crippen LogP contribution is -3.00. The molecule has 0 aliphatic heterocycles. The summed E-state index contributed by atoms with van der Waals surface area (Å²) in [6.07, 6.45) is 120. The summed E-state index contributed by atoms with van der Waals surface area (Å²) in [5.41, 5.74) is 0. The molecule has 0 rings (SSSR count). The van der Waals surface area contributed by atoms with Crippen LogP contribution in [0.2, 0.25) is 0 Å². The van der Waals surface area contributed by atoms with Gasteiger partial charge in [-0.1, -0.05) is 508 Å². The van der Waals surface area contributed by atoms with E-state index in [1.807, 2.05) is 0 Å². The lowest BCUT2D eigenvalue weighted by molar-refractivity contribution is -0.870. The minimum Gasteiger partial charge on any atom is -1.00 e. The van der Waals surface area contributed by atoms with Crippen LogP contribution in [0, 0.1) is 0 Å². The molecule has 578 valence electrons. The maximum atomic E-state index is 2.31. The van der Waals surface area contributed by atoms with Crippen molar-refractivity contribution in [2.45, 2.75) is 534 Å². The number of hydrogen-bond acceptors (Lipinski definition) is 0. The molecule has 0 fully saturated rings. The first-order valence-corrected chi connectivity index (χ1v) is 45.2. The number of rotatable bonds is 83. The lowest BCUT2D eigenvalue weighted by atomic mass is 10.0. The van der Waals surface area contributed by atoms with Crippen molar-refractivity contribution < 1.29 is 33.8 Å². The fourth-order valence-electron chi connectivity index (χ4n) is 14.9. The molecule has 0 amide bonds. The fourth-order valence-corrected chi connectivity index (χ4v) is 14.9. The van der Waals surface area contributed by atoms with Gasteiger partial charge in [0.15, 0.2) is 0 Å². The summed E-state index contributed by atoms with van der Waals surface area (Å²) < 4.78 is 2.25. The van der Waals surface area contributed by atoms with Gasteiger partial charge in [0.25, 0.3) is 0 Å². The normalized spacial score (nSPS) is 11.7. The summed E-state index contributed by atoms with van der Waals surface area (Å²) in [6.45, 7) is 7.29. The lowest BCUT2D eigenvalue weighted by Gasteiger charge is -2.23. The summed E-state index contributed by atoms with van der Waals surface area (Å²) in [4.78, 5) is 0. The molecule has 4 heteroatoms. The highest BCUT2D eigenvalue weighted by atomic mass is 35.5. The summed E-state index contributed by atoms with van der Waals surface area (Å²) in [7, 11) is 13.9.